The molecule has 3 aromatic heterocycles. The van der Waals surface area contributed by atoms with E-state index >= 15 is 0 Å². The number of aromatic nitrogens is 1. The van der Waals surface area contributed by atoms with Gasteiger partial charge < -0.3 is 18.2 Å². The van der Waals surface area contributed by atoms with Crippen molar-refractivity contribution in [3.63, 3.8) is 0 Å². The SMILES string of the molecule is CCCCc1cc2c3c(c1)C1(C)CCCCC1(C)N3c1cc3c(oc4ccccc43)c3c1B2n1c2c-3cccc2c2oc3ccccc3c21. The van der Waals surface area contributed by atoms with Crippen LogP contribution in [0.25, 0.3) is 66.0 Å². The predicted molar refractivity (Wildman–Crippen MR) is 204 cm³/mol. The Balaban J connectivity index is 1.33. The first kappa shape index (κ1) is 27.0. The number of para-hydroxylation sites is 3. The zero-order valence-electron chi connectivity index (χ0n) is 28.3. The van der Waals surface area contributed by atoms with Gasteiger partial charge in [0, 0.05) is 55.0 Å². The molecule has 12 rings (SSSR count). The summed E-state index contributed by atoms with van der Waals surface area (Å²) in [6.45, 7) is 7.49. The minimum atomic E-state index is -0.0295. The Bertz CT molecular complexity index is 2780. The van der Waals surface area contributed by atoms with E-state index < -0.39 is 0 Å². The molecule has 5 aromatic carbocycles. The standard InChI is InChI=1S/C44H37BN2O2/c1-4-5-13-25-22-31-40-32(23-25)45-37-33(46(40)44(3)21-11-10-20-43(31,44)2)24-30-26-14-6-8-18-34(26)48-41(30)36(37)28-16-12-17-29-38(28)47(45)39-27-15-7-9-19-35(27)49-42(29)39/h6-9,12,14-19,22-24H,4-5,10-11,13,20-21H2,1-3H3. The maximum absolute atomic E-state index is 6.94. The van der Waals surface area contributed by atoms with Crippen LogP contribution < -0.4 is 15.8 Å². The number of aryl methyl sites for hydroxylation is 1. The number of benzene rings is 5. The van der Waals surface area contributed by atoms with Crippen molar-refractivity contribution < 1.29 is 8.83 Å². The summed E-state index contributed by atoms with van der Waals surface area (Å²) in [4.78, 5) is 2.84. The Labute approximate surface area is 285 Å². The first-order chi connectivity index (χ1) is 24.0. The largest absolute Gasteiger partial charge is 0.455 e. The molecule has 1 aliphatic carbocycles. The number of unbranched alkanes of at least 4 members (excludes halogenated alkanes) is 1. The van der Waals surface area contributed by atoms with E-state index in [1.807, 2.05) is 0 Å². The Morgan fingerprint density at radius 3 is 2.37 bits per heavy atom. The van der Waals surface area contributed by atoms with E-state index in [9.17, 15) is 0 Å². The zero-order valence-corrected chi connectivity index (χ0v) is 28.3. The third-order valence-electron chi connectivity index (χ3n) is 13.5. The van der Waals surface area contributed by atoms with Crippen LogP contribution in [0.15, 0.2) is 93.8 Å². The molecule has 0 spiro atoms. The van der Waals surface area contributed by atoms with Crippen LogP contribution in [0.4, 0.5) is 11.4 Å². The van der Waals surface area contributed by atoms with Crippen LogP contribution in [-0.4, -0.2) is 16.9 Å². The molecule has 0 saturated heterocycles. The fourth-order valence-electron chi connectivity index (χ4n) is 11.1. The minimum absolute atomic E-state index is 0.00236. The topological polar surface area (TPSA) is 34.5 Å². The number of hydrogen-bond donors (Lipinski definition) is 0. The average Bonchev–Trinajstić information content (AvgIpc) is 3.83. The lowest BCUT2D eigenvalue weighted by Crippen LogP contribution is -2.61. The number of anilines is 2. The summed E-state index contributed by atoms with van der Waals surface area (Å²) in [5.41, 5.74) is 17.6. The summed E-state index contributed by atoms with van der Waals surface area (Å²) in [5.74, 6) is 0. The molecule has 8 aromatic rings. The Kier molecular flexibility index (Phi) is 4.86. The van der Waals surface area contributed by atoms with Crippen molar-refractivity contribution in [1.82, 2.24) is 4.48 Å². The Morgan fingerprint density at radius 2 is 1.51 bits per heavy atom. The molecule has 0 N–H and O–H groups in total. The van der Waals surface area contributed by atoms with Crippen LogP contribution in [-0.2, 0) is 11.8 Å². The van der Waals surface area contributed by atoms with Crippen molar-refractivity contribution in [2.45, 2.75) is 76.7 Å². The zero-order chi connectivity index (χ0) is 32.4. The van der Waals surface area contributed by atoms with E-state index in [1.165, 1.54) is 110 Å². The van der Waals surface area contributed by atoms with Gasteiger partial charge in [0.2, 0.25) is 0 Å². The number of fused-ring (bicyclic) bond motifs is 16. The quantitative estimate of drug-likeness (QED) is 0.181. The van der Waals surface area contributed by atoms with E-state index in [0.717, 1.165) is 28.8 Å². The average molecular weight is 637 g/mol. The number of nitrogens with zero attached hydrogens (tertiary/aromatic N) is 2. The van der Waals surface area contributed by atoms with Crippen LogP contribution >= 0.6 is 0 Å². The van der Waals surface area contributed by atoms with Crippen molar-refractivity contribution in [1.29, 1.82) is 0 Å². The highest BCUT2D eigenvalue weighted by Gasteiger charge is 2.61. The van der Waals surface area contributed by atoms with Crippen molar-refractivity contribution in [2.75, 3.05) is 4.90 Å². The van der Waals surface area contributed by atoms with Crippen LogP contribution in [0.2, 0.25) is 0 Å². The molecule has 1 saturated carbocycles. The van der Waals surface area contributed by atoms with Gasteiger partial charge in [0.25, 0.3) is 0 Å². The molecule has 0 radical (unpaired) electrons. The van der Waals surface area contributed by atoms with Gasteiger partial charge in [-0.15, -0.1) is 0 Å². The van der Waals surface area contributed by atoms with Gasteiger partial charge in [0.05, 0.1) is 11.1 Å². The fraction of sp³-hybridized carbons (Fsp3) is 0.273. The Hall–Kier alpha value is -4.90. The molecule has 4 aliphatic rings. The van der Waals surface area contributed by atoms with Gasteiger partial charge in [-0.1, -0.05) is 87.7 Å². The van der Waals surface area contributed by atoms with Crippen molar-refractivity contribution in [2.24, 2.45) is 0 Å². The second kappa shape index (κ2) is 8.82. The lowest BCUT2D eigenvalue weighted by atomic mass is 9.44. The minimum Gasteiger partial charge on any atom is -0.455 e. The van der Waals surface area contributed by atoms with Gasteiger partial charge in [-0.2, -0.15) is 0 Å². The highest BCUT2D eigenvalue weighted by atomic mass is 16.3. The second-order valence-electron chi connectivity index (χ2n) is 15.7. The van der Waals surface area contributed by atoms with Crippen LogP contribution in [0.3, 0.4) is 0 Å². The van der Waals surface area contributed by atoms with E-state index in [2.05, 4.69) is 115 Å². The highest BCUT2D eigenvalue weighted by Crippen LogP contribution is 2.62. The normalized spacial score (nSPS) is 21.8. The van der Waals surface area contributed by atoms with Crippen LogP contribution in [0, 0.1) is 0 Å². The van der Waals surface area contributed by atoms with E-state index in [4.69, 9.17) is 8.83 Å². The van der Waals surface area contributed by atoms with Gasteiger partial charge in [-0.3, -0.25) is 0 Å². The lowest BCUT2D eigenvalue weighted by Gasteiger charge is -2.52. The maximum Gasteiger partial charge on any atom is 0.333 e. The third kappa shape index (κ3) is 2.95. The van der Waals surface area contributed by atoms with E-state index in [1.54, 1.807) is 5.56 Å². The van der Waals surface area contributed by atoms with Crippen molar-refractivity contribution >= 4 is 84.1 Å². The summed E-state index contributed by atoms with van der Waals surface area (Å²) in [6, 6.07) is 31.8. The first-order valence-corrected chi connectivity index (χ1v) is 18.4. The second-order valence-corrected chi connectivity index (χ2v) is 15.7. The molecular weight excluding hydrogens is 599 g/mol. The lowest BCUT2D eigenvalue weighted by molar-refractivity contribution is 0.195. The molecule has 0 bridgehead atoms. The van der Waals surface area contributed by atoms with Gasteiger partial charge in [-0.25, -0.2) is 0 Å². The van der Waals surface area contributed by atoms with Crippen LogP contribution in [0.1, 0.15) is 70.4 Å². The summed E-state index contributed by atoms with van der Waals surface area (Å²) in [5, 5.41) is 4.77. The van der Waals surface area contributed by atoms with Gasteiger partial charge in [-0.05, 0) is 85.0 Å². The highest BCUT2D eigenvalue weighted by molar-refractivity contribution is 6.90. The number of rotatable bonds is 3. The smallest absolute Gasteiger partial charge is 0.333 e. The summed E-state index contributed by atoms with van der Waals surface area (Å²) >= 11 is 0. The molecular formula is C44H37BN2O2. The van der Waals surface area contributed by atoms with Crippen molar-refractivity contribution in [3.8, 4) is 11.1 Å². The molecule has 2 atom stereocenters. The molecule has 4 nitrogen and oxygen atoms in total. The molecule has 2 unspecified atom stereocenters. The molecule has 238 valence electrons. The van der Waals surface area contributed by atoms with E-state index in [-0.39, 0.29) is 17.8 Å². The maximum atomic E-state index is 6.94. The molecule has 6 heterocycles. The number of hydrogen-bond acceptors (Lipinski definition) is 3. The first-order valence-electron chi connectivity index (χ1n) is 18.4. The third-order valence-corrected chi connectivity index (χ3v) is 13.5. The summed E-state index contributed by atoms with van der Waals surface area (Å²) in [7, 11) is 0. The van der Waals surface area contributed by atoms with Crippen LogP contribution in [0.5, 0.6) is 0 Å². The van der Waals surface area contributed by atoms with Crippen molar-refractivity contribution in [3.05, 3.63) is 96.1 Å². The number of furan rings is 2. The summed E-state index contributed by atoms with van der Waals surface area (Å²) in [6.07, 6.45) is 8.47. The Morgan fingerprint density at radius 1 is 0.755 bits per heavy atom. The molecule has 5 heteroatoms. The molecule has 1 fully saturated rings. The predicted octanol–water partition coefficient (Wildman–Crippen LogP) is 10.5. The van der Waals surface area contributed by atoms with Gasteiger partial charge in [0.1, 0.15) is 16.7 Å². The fourth-order valence-corrected chi connectivity index (χ4v) is 11.1. The summed E-state index contributed by atoms with van der Waals surface area (Å²) < 4.78 is 16.4. The van der Waals surface area contributed by atoms with Gasteiger partial charge >= 0.3 is 6.85 Å². The van der Waals surface area contributed by atoms with Gasteiger partial charge in [0.15, 0.2) is 5.58 Å². The molecule has 3 aliphatic heterocycles. The van der Waals surface area contributed by atoms with E-state index in [0.29, 0.717) is 0 Å². The monoisotopic (exact) mass is 636 g/mol. The molecule has 49 heavy (non-hydrogen) atoms. The molecule has 0 amide bonds.